The zero-order chi connectivity index (χ0) is 32.2. The number of ether oxygens (including phenoxy) is 1. The standard InChI is InChI=1S/C40H76O4/c1-3-5-7-9-11-13-15-16-17-18-19-20-21-22-23-24-26-28-30-32-34-36-40(43)44-38(37-39(41)42)35-33-31-29-27-25-14-12-10-8-6-4-2/h16-17,38H,3-15,18-37H2,1-2H3,(H,41,42)/b17-16-. The Bertz CT molecular complexity index is 629. The van der Waals surface area contributed by atoms with Gasteiger partial charge >= 0.3 is 11.9 Å². The third kappa shape index (κ3) is 35.2. The first-order valence-electron chi connectivity index (χ1n) is 19.7. The van der Waals surface area contributed by atoms with E-state index in [2.05, 4.69) is 26.0 Å². The van der Waals surface area contributed by atoms with Gasteiger partial charge in [0.2, 0.25) is 0 Å². The van der Waals surface area contributed by atoms with Crippen molar-refractivity contribution in [2.24, 2.45) is 0 Å². The van der Waals surface area contributed by atoms with Crippen molar-refractivity contribution < 1.29 is 19.4 Å². The number of esters is 1. The fraction of sp³-hybridized carbons (Fsp3) is 0.900. The summed E-state index contributed by atoms with van der Waals surface area (Å²) in [7, 11) is 0. The first kappa shape index (κ1) is 42.7. The molecule has 0 bridgehead atoms. The third-order valence-corrected chi connectivity index (χ3v) is 8.97. The van der Waals surface area contributed by atoms with E-state index in [1.54, 1.807) is 0 Å². The third-order valence-electron chi connectivity index (χ3n) is 8.97. The maximum absolute atomic E-state index is 12.3. The Morgan fingerprint density at radius 3 is 1.23 bits per heavy atom. The minimum atomic E-state index is -0.878. The Labute approximate surface area is 275 Å². The van der Waals surface area contributed by atoms with E-state index in [1.165, 1.54) is 167 Å². The molecule has 1 unspecified atom stereocenters. The molecule has 0 rings (SSSR count). The number of hydrogen-bond donors (Lipinski definition) is 1. The van der Waals surface area contributed by atoms with Crippen molar-refractivity contribution in [1.29, 1.82) is 0 Å². The lowest BCUT2D eigenvalue weighted by Crippen LogP contribution is -2.21. The van der Waals surface area contributed by atoms with Crippen LogP contribution in [0.15, 0.2) is 12.2 Å². The fourth-order valence-corrected chi connectivity index (χ4v) is 6.08. The van der Waals surface area contributed by atoms with E-state index in [4.69, 9.17) is 4.74 Å². The quantitative estimate of drug-likeness (QED) is 0.0430. The van der Waals surface area contributed by atoms with Crippen molar-refractivity contribution >= 4 is 11.9 Å². The molecule has 1 N–H and O–H groups in total. The number of hydrogen-bond acceptors (Lipinski definition) is 3. The molecular weight excluding hydrogens is 544 g/mol. The van der Waals surface area contributed by atoms with Crippen molar-refractivity contribution in [3.05, 3.63) is 12.2 Å². The molecule has 0 aliphatic heterocycles. The highest BCUT2D eigenvalue weighted by Gasteiger charge is 2.17. The van der Waals surface area contributed by atoms with E-state index in [0.29, 0.717) is 12.8 Å². The molecular formula is C40H76O4. The molecule has 0 radical (unpaired) electrons. The number of aliphatic carboxylic acids is 1. The van der Waals surface area contributed by atoms with Gasteiger partial charge in [-0.1, -0.05) is 180 Å². The van der Waals surface area contributed by atoms with Crippen LogP contribution >= 0.6 is 0 Å². The van der Waals surface area contributed by atoms with Gasteiger partial charge < -0.3 is 9.84 Å². The van der Waals surface area contributed by atoms with E-state index in [1.807, 2.05) is 0 Å². The number of rotatable bonds is 36. The van der Waals surface area contributed by atoms with Crippen LogP contribution < -0.4 is 0 Å². The van der Waals surface area contributed by atoms with E-state index in [0.717, 1.165) is 25.7 Å². The van der Waals surface area contributed by atoms with Crippen LogP contribution in [0.5, 0.6) is 0 Å². The monoisotopic (exact) mass is 621 g/mol. The Morgan fingerprint density at radius 2 is 0.841 bits per heavy atom. The number of carbonyl (C=O) groups excluding carboxylic acids is 1. The predicted octanol–water partition coefficient (Wildman–Crippen LogP) is 13.5. The van der Waals surface area contributed by atoms with Crippen LogP contribution in [0.25, 0.3) is 0 Å². The smallest absolute Gasteiger partial charge is 0.307 e. The summed E-state index contributed by atoms with van der Waals surface area (Å²) in [5, 5.41) is 9.24. The lowest BCUT2D eigenvalue weighted by atomic mass is 10.0. The highest BCUT2D eigenvalue weighted by molar-refractivity contribution is 5.71. The van der Waals surface area contributed by atoms with Gasteiger partial charge in [-0.2, -0.15) is 0 Å². The van der Waals surface area contributed by atoms with Gasteiger partial charge in [-0.3, -0.25) is 9.59 Å². The summed E-state index contributed by atoms with van der Waals surface area (Å²) in [6, 6.07) is 0. The molecule has 1 atom stereocenters. The molecule has 0 aliphatic rings. The average Bonchev–Trinajstić information content (AvgIpc) is 3.00. The Balaban J connectivity index is 3.56. The van der Waals surface area contributed by atoms with Crippen LogP contribution in [-0.2, 0) is 14.3 Å². The van der Waals surface area contributed by atoms with Gasteiger partial charge in [-0.15, -0.1) is 0 Å². The minimum Gasteiger partial charge on any atom is -0.481 e. The summed E-state index contributed by atoms with van der Waals surface area (Å²) < 4.78 is 5.57. The van der Waals surface area contributed by atoms with Crippen molar-refractivity contribution in [1.82, 2.24) is 0 Å². The summed E-state index contributed by atoms with van der Waals surface area (Å²) >= 11 is 0. The molecule has 0 fully saturated rings. The largest absolute Gasteiger partial charge is 0.481 e. The number of carbonyl (C=O) groups is 2. The molecule has 4 heteroatoms. The summed E-state index contributed by atoms with van der Waals surface area (Å²) in [6.45, 7) is 4.53. The van der Waals surface area contributed by atoms with Gasteiger partial charge in [-0.05, 0) is 44.9 Å². The second-order valence-electron chi connectivity index (χ2n) is 13.5. The first-order chi connectivity index (χ1) is 21.6. The highest BCUT2D eigenvalue weighted by atomic mass is 16.5. The van der Waals surface area contributed by atoms with E-state index in [-0.39, 0.29) is 12.4 Å². The number of allylic oxidation sites excluding steroid dienone is 2. The van der Waals surface area contributed by atoms with Crippen LogP contribution in [0, 0.1) is 0 Å². The van der Waals surface area contributed by atoms with Crippen molar-refractivity contribution in [2.75, 3.05) is 0 Å². The fourth-order valence-electron chi connectivity index (χ4n) is 6.08. The average molecular weight is 621 g/mol. The van der Waals surface area contributed by atoms with Gasteiger partial charge in [-0.25, -0.2) is 0 Å². The zero-order valence-electron chi connectivity index (χ0n) is 29.7. The van der Waals surface area contributed by atoms with E-state index < -0.39 is 12.1 Å². The lowest BCUT2D eigenvalue weighted by Gasteiger charge is -2.16. The van der Waals surface area contributed by atoms with Gasteiger partial charge in [0.1, 0.15) is 6.10 Å². The van der Waals surface area contributed by atoms with Crippen LogP contribution in [0.4, 0.5) is 0 Å². The minimum absolute atomic E-state index is 0.0696. The van der Waals surface area contributed by atoms with Crippen LogP contribution in [0.1, 0.15) is 226 Å². The molecule has 0 spiro atoms. The van der Waals surface area contributed by atoms with E-state index in [9.17, 15) is 14.7 Å². The molecule has 44 heavy (non-hydrogen) atoms. The maximum Gasteiger partial charge on any atom is 0.307 e. The summed E-state index contributed by atoms with van der Waals surface area (Å²) in [6.07, 6.45) is 43.8. The van der Waals surface area contributed by atoms with Gasteiger partial charge in [0, 0.05) is 6.42 Å². The topological polar surface area (TPSA) is 63.6 Å². The summed E-state index contributed by atoms with van der Waals surface area (Å²) in [5.74, 6) is -1.09. The van der Waals surface area contributed by atoms with Gasteiger partial charge in [0.25, 0.3) is 0 Å². The Hall–Kier alpha value is -1.32. The first-order valence-corrected chi connectivity index (χ1v) is 19.7. The maximum atomic E-state index is 12.3. The highest BCUT2D eigenvalue weighted by Crippen LogP contribution is 2.17. The zero-order valence-corrected chi connectivity index (χ0v) is 29.7. The molecule has 4 nitrogen and oxygen atoms in total. The SMILES string of the molecule is CCCCCCCC/C=C\CCCCCCCCCCCCCC(=O)OC(CCCCCCCCCCCCC)CC(=O)O. The molecule has 0 aliphatic carbocycles. The number of carboxylic acid groups (broad SMARTS) is 1. The molecule has 260 valence electrons. The normalized spacial score (nSPS) is 12.2. The lowest BCUT2D eigenvalue weighted by molar-refractivity contribution is -0.153. The van der Waals surface area contributed by atoms with Crippen LogP contribution in [0.2, 0.25) is 0 Å². The Morgan fingerprint density at radius 1 is 0.500 bits per heavy atom. The molecule has 0 saturated carbocycles. The molecule has 0 amide bonds. The Kier molecular flexibility index (Phi) is 35.1. The molecule has 0 aromatic rings. The number of unbranched alkanes of at least 4 members (excludes halogenated alkanes) is 27. The van der Waals surface area contributed by atoms with Crippen molar-refractivity contribution in [2.45, 2.75) is 232 Å². The molecule has 0 aromatic carbocycles. The van der Waals surface area contributed by atoms with Gasteiger partial charge in [0.05, 0.1) is 6.42 Å². The number of carboxylic acids is 1. The van der Waals surface area contributed by atoms with Gasteiger partial charge in [0.15, 0.2) is 0 Å². The second-order valence-corrected chi connectivity index (χ2v) is 13.5. The molecule has 0 saturated heterocycles. The summed E-state index contributed by atoms with van der Waals surface area (Å²) in [4.78, 5) is 23.6. The van der Waals surface area contributed by atoms with E-state index >= 15 is 0 Å². The summed E-state index contributed by atoms with van der Waals surface area (Å²) in [5.41, 5.74) is 0. The van der Waals surface area contributed by atoms with Crippen LogP contribution in [0.3, 0.4) is 0 Å². The predicted molar refractivity (Wildman–Crippen MR) is 190 cm³/mol. The van der Waals surface area contributed by atoms with Crippen molar-refractivity contribution in [3.8, 4) is 0 Å². The van der Waals surface area contributed by atoms with Crippen molar-refractivity contribution in [3.63, 3.8) is 0 Å². The molecule has 0 heterocycles. The molecule has 0 aromatic heterocycles. The second kappa shape index (κ2) is 36.2. The van der Waals surface area contributed by atoms with Crippen LogP contribution in [-0.4, -0.2) is 23.1 Å².